The predicted octanol–water partition coefficient (Wildman–Crippen LogP) is 5.71. The van der Waals surface area contributed by atoms with E-state index in [0.717, 1.165) is 38.0 Å². The van der Waals surface area contributed by atoms with E-state index in [4.69, 9.17) is 0 Å². The molecule has 0 amide bonds. The van der Waals surface area contributed by atoms with Gasteiger partial charge in [-0.05, 0) is 93.5 Å². The Morgan fingerprint density at radius 2 is 2.00 bits per heavy atom. The second kappa shape index (κ2) is 9.71. The summed E-state index contributed by atoms with van der Waals surface area (Å²) in [4.78, 5) is 0. The summed E-state index contributed by atoms with van der Waals surface area (Å²) < 4.78 is 0. The molecule has 0 aromatic rings. The first-order valence-electron chi connectivity index (χ1n) is 12.3. The number of allylic oxidation sites excluding steroid dienone is 4. The smallest absolute Gasteiger partial charge is 0.0849 e. The molecule has 170 valence electrons. The molecular weight excluding hydrogens is 372 g/mol. The first-order chi connectivity index (χ1) is 14.2. The number of hydrogen-bond donors (Lipinski definition) is 3. The van der Waals surface area contributed by atoms with Crippen molar-refractivity contribution in [2.24, 2.45) is 23.2 Å². The number of hydrogen-bond acceptors (Lipinski definition) is 3. The maximum Gasteiger partial charge on any atom is 0.0849 e. The minimum atomic E-state index is -0.938. The lowest BCUT2D eigenvalue weighted by Crippen LogP contribution is -2.36. The molecule has 3 N–H and O–H groups in total. The van der Waals surface area contributed by atoms with Crippen molar-refractivity contribution in [3.05, 3.63) is 35.5 Å². The molecule has 30 heavy (non-hydrogen) atoms. The fraction of sp³-hybridized carbons (Fsp3) is 0.778. The van der Waals surface area contributed by atoms with Crippen molar-refractivity contribution in [1.82, 2.24) is 0 Å². The Kier molecular flexibility index (Phi) is 7.69. The molecule has 3 rings (SSSR count). The Bertz CT molecular complexity index is 674. The van der Waals surface area contributed by atoms with E-state index >= 15 is 0 Å². The molecule has 0 aromatic heterocycles. The second-order valence-corrected chi connectivity index (χ2v) is 11.1. The molecule has 3 aliphatic carbocycles. The van der Waals surface area contributed by atoms with Crippen LogP contribution in [0.1, 0.15) is 91.4 Å². The SMILES string of the molecule is C=C1CC[C@H](O)C/C1=C/C=C1/CCC[C@]2(C)[C@@H]([C@H](C)CCCC(C)(O)CO)CC[C@@H]12. The zero-order valence-electron chi connectivity index (χ0n) is 19.5. The van der Waals surface area contributed by atoms with Crippen LogP contribution in [0.4, 0.5) is 0 Å². The summed E-state index contributed by atoms with van der Waals surface area (Å²) in [7, 11) is 0. The van der Waals surface area contributed by atoms with Crippen LogP contribution in [-0.4, -0.2) is 33.6 Å². The van der Waals surface area contributed by atoms with Gasteiger partial charge in [-0.15, -0.1) is 0 Å². The molecule has 0 heterocycles. The van der Waals surface area contributed by atoms with Gasteiger partial charge in [0.25, 0.3) is 0 Å². The van der Waals surface area contributed by atoms with Gasteiger partial charge in [-0.25, -0.2) is 0 Å². The van der Waals surface area contributed by atoms with Crippen LogP contribution in [0.25, 0.3) is 0 Å². The fourth-order valence-electron chi connectivity index (χ4n) is 6.69. The zero-order valence-corrected chi connectivity index (χ0v) is 19.5. The van der Waals surface area contributed by atoms with Crippen molar-refractivity contribution < 1.29 is 15.3 Å². The lowest BCUT2D eigenvalue weighted by atomic mass is 9.60. The van der Waals surface area contributed by atoms with E-state index in [1.165, 1.54) is 43.3 Å². The van der Waals surface area contributed by atoms with Gasteiger partial charge in [-0.2, -0.15) is 0 Å². The third-order valence-corrected chi connectivity index (χ3v) is 8.63. The molecule has 3 aliphatic rings. The van der Waals surface area contributed by atoms with Gasteiger partial charge in [-0.3, -0.25) is 0 Å². The minimum absolute atomic E-state index is 0.155. The van der Waals surface area contributed by atoms with Crippen LogP contribution in [0, 0.1) is 23.2 Å². The monoisotopic (exact) mass is 416 g/mol. The van der Waals surface area contributed by atoms with Crippen LogP contribution in [-0.2, 0) is 0 Å². The third-order valence-electron chi connectivity index (χ3n) is 8.63. The number of aliphatic hydroxyl groups is 3. The van der Waals surface area contributed by atoms with E-state index in [1.807, 2.05) is 0 Å². The van der Waals surface area contributed by atoms with Gasteiger partial charge >= 0.3 is 0 Å². The van der Waals surface area contributed by atoms with Crippen molar-refractivity contribution >= 4 is 0 Å². The Balaban J connectivity index is 1.66. The standard InChI is InChI=1S/C27H44O3/c1-19-9-12-23(29)17-22(19)11-10-21-8-6-16-27(4)24(13-14-25(21)27)20(2)7-5-15-26(3,30)18-28/h10-11,20,23-25,28-30H,1,5-9,12-18H2,2-4H3/b21-10-,22-11-/t20-,23+,24-,25+,26?,27-/m1/s1. The fourth-order valence-corrected chi connectivity index (χ4v) is 6.69. The highest BCUT2D eigenvalue weighted by atomic mass is 16.3. The van der Waals surface area contributed by atoms with Gasteiger partial charge in [0.2, 0.25) is 0 Å². The number of rotatable bonds is 7. The maximum absolute atomic E-state index is 10.1. The van der Waals surface area contributed by atoms with E-state index in [0.29, 0.717) is 23.7 Å². The summed E-state index contributed by atoms with van der Waals surface area (Å²) in [6.45, 7) is 10.7. The van der Waals surface area contributed by atoms with Crippen LogP contribution >= 0.6 is 0 Å². The first kappa shape index (κ1) is 23.8. The lowest BCUT2D eigenvalue weighted by Gasteiger charge is -2.44. The Morgan fingerprint density at radius 3 is 2.73 bits per heavy atom. The number of aliphatic hydroxyl groups excluding tert-OH is 2. The molecule has 0 spiro atoms. The van der Waals surface area contributed by atoms with Gasteiger partial charge in [0, 0.05) is 0 Å². The molecule has 0 aliphatic heterocycles. The molecule has 3 heteroatoms. The molecule has 3 nitrogen and oxygen atoms in total. The summed E-state index contributed by atoms with van der Waals surface area (Å²) in [5.41, 5.74) is 3.50. The zero-order chi connectivity index (χ0) is 21.9. The van der Waals surface area contributed by atoms with Gasteiger partial charge in [0.1, 0.15) is 0 Å². The topological polar surface area (TPSA) is 60.7 Å². The summed E-state index contributed by atoms with van der Waals surface area (Å²) in [6, 6.07) is 0. The van der Waals surface area contributed by atoms with Crippen molar-refractivity contribution in [3.8, 4) is 0 Å². The van der Waals surface area contributed by atoms with Crippen LogP contribution in [0.15, 0.2) is 35.5 Å². The van der Waals surface area contributed by atoms with Gasteiger partial charge in [0.15, 0.2) is 0 Å². The highest BCUT2D eigenvalue weighted by molar-refractivity contribution is 5.36. The highest BCUT2D eigenvalue weighted by Crippen LogP contribution is 2.60. The predicted molar refractivity (Wildman–Crippen MR) is 124 cm³/mol. The lowest BCUT2D eigenvalue weighted by molar-refractivity contribution is -0.00891. The van der Waals surface area contributed by atoms with Crippen LogP contribution in [0.3, 0.4) is 0 Å². The third kappa shape index (κ3) is 5.29. The summed E-state index contributed by atoms with van der Waals surface area (Å²) in [5, 5.41) is 29.4. The van der Waals surface area contributed by atoms with Crippen LogP contribution < -0.4 is 0 Å². The van der Waals surface area contributed by atoms with Crippen LogP contribution in [0.5, 0.6) is 0 Å². The number of fused-ring (bicyclic) bond motifs is 1. The van der Waals surface area contributed by atoms with Crippen molar-refractivity contribution in [1.29, 1.82) is 0 Å². The molecule has 0 saturated heterocycles. The van der Waals surface area contributed by atoms with E-state index < -0.39 is 5.60 Å². The largest absolute Gasteiger partial charge is 0.393 e. The van der Waals surface area contributed by atoms with E-state index in [1.54, 1.807) is 12.5 Å². The van der Waals surface area contributed by atoms with Crippen LogP contribution in [0.2, 0.25) is 0 Å². The Hall–Kier alpha value is -0.900. The highest BCUT2D eigenvalue weighted by Gasteiger charge is 2.50. The van der Waals surface area contributed by atoms with E-state index in [9.17, 15) is 15.3 Å². The molecule has 1 unspecified atom stereocenters. The summed E-state index contributed by atoms with van der Waals surface area (Å²) in [6.07, 6.45) is 16.1. The molecular formula is C27H44O3. The van der Waals surface area contributed by atoms with Crippen molar-refractivity contribution in [2.45, 2.75) is 103 Å². The van der Waals surface area contributed by atoms with E-state index in [2.05, 4.69) is 32.6 Å². The average molecular weight is 417 g/mol. The second-order valence-electron chi connectivity index (χ2n) is 11.1. The molecule has 0 bridgehead atoms. The van der Waals surface area contributed by atoms with E-state index in [-0.39, 0.29) is 12.7 Å². The van der Waals surface area contributed by atoms with Crippen molar-refractivity contribution in [2.75, 3.05) is 6.61 Å². The molecule has 0 radical (unpaired) electrons. The summed E-state index contributed by atoms with van der Waals surface area (Å²) in [5.74, 6) is 2.07. The van der Waals surface area contributed by atoms with Gasteiger partial charge < -0.3 is 15.3 Å². The molecule has 6 atom stereocenters. The quantitative estimate of drug-likeness (QED) is 0.498. The maximum atomic E-state index is 10.1. The molecule has 0 aromatic carbocycles. The van der Waals surface area contributed by atoms with Crippen molar-refractivity contribution in [3.63, 3.8) is 0 Å². The van der Waals surface area contributed by atoms with Gasteiger partial charge in [0.05, 0.1) is 18.3 Å². The first-order valence-corrected chi connectivity index (χ1v) is 12.3. The normalized spacial score (nSPS) is 37.9. The molecule has 3 fully saturated rings. The Labute approximate surface area is 184 Å². The minimum Gasteiger partial charge on any atom is -0.393 e. The Morgan fingerprint density at radius 1 is 1.23 bits per heavy atom. The van der Waals surface area contributed by atoms with Gasteiger partial charge in [-0.1, -0.05) is 56.6 Å². The molecule has 3 saturated carbocycles. The summed E-state index contributed by atoms with van der Waals surface area (Å²) >= 11 is 0. The average Bonchev–Trinajstić information content (AvgIpc) is 3.06.